The number of benzene rings is 1. The molecule has 0 unspecified atom stereocenters. The Hall–Kier alpha value is -3.32. The first-order valence-corrected chi connectivity index (χ1v) is 8.20. The fourth-order valence-corrected chi connectivity index (χ4v) is 2.61. The lowest BCUT2D eigenvalue weighted by Crippen LogP contribution is -2.01. The van der Waals surface area contributed by atoms with Crippen LogP contribution in [0, 0.1) is 6.92 Å². The Morgan fingerprint density at radius 2 is 1.65 bits per heavy atom. The molecule has 8 heteroatoms. The van der Waals surface area contributed by atoms with E-state index in [9.17, 15) is 0 Å². The molecular weight excluding hydrogens is 350 g/mol. The summed E-state index contributed by atoms with van der Waals surface area (Å²) >= 11 is 5.97. The smallest absolute Gasteiger partial charge is 0.235 e. The molecule has 7 nitrogen and oxygen atoms in total. The van der Waals surface area contributed by atoms with Crippen LogP contribution in [-0.2, 0) is 0 Å². The van der Waals surface area contributed by atoms with Gasteiger partial charge in [-0.05, 0) is 25.1 Å². The number of aromatic nitrogens is 6. The van der Waals surface area contributed by atoms with Gasteiger partial charge in [-0.1, -0.05) is 23.7 Å². The molecule has 0 bridgehead atoms. The minimum Gasteiger partial charge on any atom is -0.368 e. The summed E-state index contributed by atoms with van der Waals surface area (Å²) < 4.78 is 1.76. The molecule has 0 aliphatic rings. The van der Waals surface area contributed by atoms with Gasteiger partial charge in [0, 0.05) is 40.4 Å². The second-order valence-electron chi connectivity index (χ2n) is 5.70. The third-order valence-corrected chi connectivity index (χ3v) is 4.02. The first kappa shape index (κ1) is 16.2. The summed E-state index contributed by atoms with van der Waals surface area (Å²) in [6, 6.07) is 9.46. The number of aryl methyl sites for hydroxylation is 1. The van der Waals surface area contributed by atoms with Gasteiger partial charge in [-0.15, -0.1) is 0 Å². The number of halogens is 1. The van der Waals surface area contributed by atoms with Crippen LogP contribution >= 0.6 is 11.6 Å². The molecule has 0 aliphatic carbocycles. The second kappa shape index (κ2) is 6.53. The molecule has 4 aromatic rings. The van der Waals surface area contributed by atoms with Crippen molar-refractivity contribution in [3.63, 3.8) is 0 Å². The maximum absolute atomic E-state index is 5.97. The van der Waals surface area contributed by atoms with Crippen molar-refractivity contribution >= 4 is 17.5 Å². The number of nitrogens with two attached hydrogens (primary N) is 1. The minimum absolute atomic E-state index is 0.225. The Morgan fingerprint density at radius 3 is 2.38 bits per heavy atom. The van der Waals surface area contributed by atoms with Gasteiger partial charge in [0.25, 0.3) is 0 Å². The van der Waals surface area contributed by atoms with Crippen LogP contribution in [0.5, 0.6) is 0 Å². The van der Waals surface area contributed by atoms with Crippen molar-refractivity contribution in [3.8, 4) is 28.5 Å². The molecule has 0 fully saturated rings. The Balaban J connectivity index is 1.72. The first-order valence-electron chi connectivity index (χ1n) is 7.82. The van der Waals surface area contributed by atoms with Crippen molar-refractivity contribution in [3.05, 3.63) is 66.0 Å². The highest BCUT2D eigenvalue weighted by Crippen LogP contribution is 2.22. The van der Waals surface area contributed by atoms with E-state index in [0.29, 0.717) is 16.7 Å². The Bertz CT molecular complexity index is 1060. The van der Waals surface area contributed by atoms with E-state index in [0.717, 1.165) is 22.5 Å². The molecule has 0 saturated heterocycles. The normalized spacial score (nSPS) is 10.8. The number of hydrogen-bond acceptors (Lipinski definition) is 6. The molecule has 2 N–H and O–H groups in total. The van der Waals surface area contributed by atoms with E-state index in [1.165, 1.54) is 0 Å². The van der Waals surface area contributed by atoms with Gasteiger partial charge >= 0.3 is 0 Å². The maximum atomic E-state index is 5.97. The monoisotopic (exact) mass is 363 g/mol. The van der Waals surface area contributed by atoms with E-state index in [4.69, 9.17) is 17.3 Å². The van der Waals surface area contributed by atoms with Gasteiger partial charge in [-0.2, -0.15) is 0 Å². The first-order chi connectivity index (χ1) is 12.6. The van der Waals surface area contributed by atoms with Crippen LogP contribution in [0.15, 0.2) is 55.2 Å². The number of nitrogen functional groups attached to an aromatic ring is 1. The van der Waals surface area contributed by atoms with Crippen molar-refractivity contribution in [1.29, 1.82) is 0 Å². The lowest BCUT2D eigenvalue weighted by atomic mass is 10.1. The Kier molecular flexibility index (Phi) is 4.06. The number of imidazole rings is 1. The molecule has 0 radical (unpaired) electrons. The van der Waals surface area contributed by atoms with Crippen LogP contribution in [0.3, 0.4) is 0 Å². The predicted molar refractivity (Wildman–Crippen MR) is 99.8 cm³/mol. The molecule has 26 heavy (non-hydrogen) atoms. The molecule has 0 saturated carbocycles. The molecule has 0 aliphatic heterocycles. The van der Waals surface area contributed by atoms with Gasteiger partial charge in [-0.25, -0.2) is 24.9 Å². The molecule has 3 heterocycles. The lowest BCUT2D eigenvalue weighted by Gasteiger charge is -2.06. The molecule has 128 valence electrons. The summed E-state index contributed by atoms with van der Waals surface area (Å²) in [6.07, 6.45) is 6.75. The summed E-state index contributed by atoms with van der Waals surface area (Å²) in [5.41, 5.74) is 9.64. The van der Waals surface area contributed by atoms with Crippen LogP contribution in [0.4, 0.5) is 5.95 Å². The van der Waals surface area contributed by atoms with E-state index in [1.54, 1.807) is 23.3 Å². The van der Waals surface area contributed by atoms with Gasteiger partial charge in [0.05, 0.1) is 11.4 Å². The summed E-state index contributed by atoms with van der Waals surface area (Å²) in [5.74, 6) is 0.757. The minimum atomic E-state index is 0.225. The molecule has 0 spiro atoms. The molecule has 0 atom stereocenters. The van der Waals surface area contributed by atoms with Crippen molar-refractivity contribution in [1.82, 2.24) is 29.5 Å². The van der Waals surface area contributed by atoms with Crippen molar-refractivity contribution in [2.24, 2.45) is 0 Å². The van der Waals surface area contributed by atoms with Crippen molar-refractivity contribution in [2.45, 2.75) is 6.92 Å². The van der Waals surface area contributed by atoms with E-state index in [-0.39, 0.29) is 5.95 Å². The fraction of sp³-hybridized carbons (Fsp3) is 0.0556. The van der Waals surface area contributed by atoms with E-state index in [2.05, 4.69) is 24.9 Å². The fourth-order valence-electron chi connectivity index (χ4n) is 2.49. The zero-order valence-electron chi connectivity index (χ0n) is 13.8. The molecule has 3 aromatic heterocycles. The van der Waals surface area contributed by atoms with Gasteiger partial charge in [0.2, 0.25) is 11.9 Å². The highest BCUT2D eigenvalue weighted by atomic mass is 35.5. The van der Waals surface area contributed by atoms with E-state index < -0.39 is 0 Å². The summed E-state index contributed by atoms with van der Waals surface area (Å²) in [4.78, 5) is 21.5. The summed E-state index contributed by atoms with van der Waals surface area (Å²) in [6.45, 7) is 1.93. The zero-order valence-corrected chi connectivity index (χ0v) is 14.6. The van der Waals surface area contributed by atoms with Gasteiger partial charge in [0.1, 0.15) is 6.33 Å². The number of nitrogens with zero attached hydrogens (tertiary/aromatic N) is 6. The van der Waals surface area contributed by atoms with Crippen LogP contribution < -0.4 is 5.73 Å². The highest BCUT2D eigenvalue weighted by Gasteiger charge is 2.09. The third-order valence-electron chi connectivity index (χ3n) is 3.76. The number of rotatable bonds is 3. The predicted octanol–water partition coefficient (Wildman–Crippen LogP) is 3.33. The zero-order chi connectivity index (χ0) is 18.1. The quantitative estimate of drug-likeness (QED) is 0.599. The number of anilines is 1. The standard InChI is InChI=1S/C18H14ClN7/c1-11-6-15(12-2-4-14(19)5-3-12)25-18(24-11)26-9-16(23-10-26)13-7-21-17(20)22-8-13/h2-10H,1H3,(H2,20,21,22). The summed E-state index contributed by atoms with van der Waals surface area (Å²) in [5, 5.41) is 0.685. The average Bonchev–Trinajstić information content (AvgIpc) is 3.12. The molecular formula is C18H14ClN7. The Labute approximate surface area is 154 Å². The number of hydrogen-bond donors (Lipinski definition) is 1. The van der Waals surface area contributed by atoms with Crippen LogP contribution in [-0.4, -0.2) is 29.5 Å². The van der Waals surface area contributed by atoms with Gasteiger partial charge in [0.15, 0.2) is 0 Å². The van der Waals surface area contributed by atoms with E-state index in [1.807, 2.05) is 43.5 Å². The molecule has 4 rings (SSSR count). The van der Waals surface area contributed by atoms with Crippen molar-refractivity contribution < 1.29 is 0 Å². The van der Waals surface area contributed by atoms with Gasteiger partial charge in [-0.3, -0.25) is 4.57 Å². The SMILES string of the molecule is Cc1cc(-c2ccc(Cl)cc2)nc(-n2cnc(-c3cnc(N)nc3)c2)n1. The molecule has 0 amide bonds. The van der Waals surface area contributed by atoms with Crippen molar-refractivity contribution in [2.75, 3.05) is 5.73 Å². The van der Waals surface area contributed by atoms with Gasteiger partial charge < -0.3 is 5.73 Å². The van der Waals surface area contributed by atoms with Crippen LogP contribution in [0.1, 0.15) is 5.69 Å². The summed E-state index contributed by atoms with van der Waals surface area (Å²) in [7, 11) is 0. The lowest BCUT2D eigenvalue weighted by molar-refractivity contribution is 0.912. The third kappa shape index (κ3) is 3.25. The molecule has 1 aromatic carbocycles. The van der Waals surface area contributed by atoms with Crippen LogP contribution in [0.25, 0.3) is 28.5 Å². The average molecular weight is 364 g/mol. The second-order valence-corrected chi connectivity index (χ2v) is 6.13. The van der Waals surface area contributed by atoms with Crippen LogP contribution in [0.2, 0.25) is 5.02 Å². The Morgan fingerprint density at radius 1 is 0.923 bits per heavy atom. The highest BCUT2D eigenvalue weighted by molar-refractivity contribution is 6.30. The largest absolute Gasteiger partial charge is 0.368 e. The maximum Gasteiger partial charge on any atom is 0.235 e. The topological polar surface area (TPSA) is 95.4 Å². The van der Waals surface area contributed by atoms with E-state index >= 15 is 0 Å².